The molecule has 0 spiro atoms. The van der Waals surface area contributed by atoms with E-state index < -0.39 is 0 Å². The van der Waals surface area contributed by atoms with Crippen LogP contribution in [0.5, 0.6) is 5.75 Å². The van der Waals surface area contributed by atoms with Gasteiger partial charge < -0.3 is 9.30 Å². The summed E-state index contributed by atoms with van der Waals surface area (Å²) in [4.78, 5) is 27.2. The summed E-state index contributed by atoms with van der Waals surface area (Å²) in [6.07, 6.45) is 3.74. The molecule has 8 heteroatoms. The van der Waals surface area contributed by atoms with Crippen molar-refractivity contribution in [1.29, 1.82) is 0 Å². The lowest BCUT2D eigenvalue weighted by atomic mass is 10.1. The van der Waals surface area contributed by atoms with Crippen molar-refractivity contribution >= 4 is 55.8 Å². The molecule has 4 aromatic rings. The number of aromatic nitrogens is 1. The minimum Gasteiger partial charge on any atom is -0.492 e. The van der Waals surface area contributed by atoms with E-state index >= 15 is 0 Å². The summed E-state index contributed by atoms with van der Waals surface area (Å²) >= 11 is 4.45. The monoisotopic (exact) mass is 564 g/mol. The van der Waals surface area contributed by atoms with Crippen LogP contribution in [0, 0.1) is 12.7 Å². The first-order chi connectivity index (χ1) is 17.4. The van der Waals surface area contributed by atoms with Crippen LogP contribution in [0.1, 0.15) is 16.7 Å². The van der Waals surface area contributed by atoms with E-state index in [4.69, 9.17) is 4.74 Å². The molecule has 5 nitrogen and oxygen atoms in total. The Hall–Kier alpha value is -3.36. The molecule has 0 saturated carbocycles. The van der Waals surface area contributed by atoms with Crippen LogP contribution in [0.2, 0.25) is 0 Å². The number of imide groups is 1. The molecule has 0 atom stereocenters. The van der Waals surface area contributed by atoms with E-state index in [1.54, 1.807) is 18.2 Å². The van der Waals surface area contributed by atoms with Crippen molar-refractivity contribution in [3.05, 3.63) is 105 Å². The number of hydrogen-bond acceptors (Lipinski definition) is 4. The molecule has 1 aromatic heterocycles. The van der Waals surface area contributed by atoms with Crippen molar-refractivity contribution in [2.45, 2.75) is 20.0 Å². The van der Waals surface area contributed by atoms with Gasteiger partial charge in [0.1, 0.15) is 18.2 Å². The molecule has 36 heavy (non-hydrogen) atoms. The molecule has 0 N–H and O–H groups in total. The summed E-state index contributed by atoms with van der Waals surface area (Å²) in [5.74, 6) is 0.0994. The number of aryl methyl sites for hydroxylation is 1. The molecule has 0 unspecified atom stereocenters. The number of ether oxygens (including phenoxy) is 1. The van der Waals surface area contributed by atoms with Crippen LogP contribution < -0.4 is 4.74 Å². The third-order valence-corrected chi connectivity index (χ3v) is 7.31. The van der Waals surface area contributed by atoms with E-state index in [2.05, 4.69) is 20.5 Å². The Morgan fingerprint density at radius 3 is 2.53 bits per heavy atom. The van der Waals surface area contributed by atoms with Gasteiger partial charge in [0.15, 0.2) is 0 Å². The largest absolute Gasteiger partial charge is 0.492 e. The smallest absolute Gasteiger partial charge is 0.293 e. The predicted molar refractivity (Wildman–Crippen MR) is 144 cm³/mol. The normalized spacial score (nSPS) is 14.9. The lowest BCUT2D eigenvalue weighted by molar-refractivity contribution is -0.123. The number of hydrogen-bond donors (Lipinski definition) is 0. The molecular weight excluding hydrogens is 543 g/mol. The predicted octanol–water partition coefficient (Wildman–Crippen LogP) is 7.17. The molecule has 1 saturated heterocycles. The van der Waals surface area contributed by atoms with Gasteiger partial charge in [0.25, 0.3) is 11.1 Å². The number of amides is 2. The highest BCUT2D eigenvalue weighted by molar-refractivity contribution is 9.10. The first-order valence-corrected chi connectivity index (χ1v) is 13.0. The van der Waals surface area contributed by atoms with Crippen molar-refractivity contribution in [3.8, 4) is 5.75 Å². The van der Waals surface area contributed by atoms with Gasteiger partial charge in [-0.05, 0) is 72.8 Å². The Kier molecular flexibility index (Phi) is 6.98. The molecule has 0 aliphatic carbocycles. The van der Waals surface area contributed by atoms with E-state index in [0.29, 0.717) is 23.6 Å². The number of rotatable bonds is 7. The van der Waals surface area contributed by atoms with E-state index in [1.807, 2.05) is 55.6 Å². The molecule has 1 aliphatic rings. The number of fused-ring (bicyclic) bond motifs is 1. The highest BCUT2D eigenvalue weighted by atomic mass is 79.9. The van der Waals surface area contributed by atoms with Crippen LogP contribution in [0.25, 0.3) is 17.0 Å². The molecule has 2 heterocycles. The van der Waals surface area contributed by atoms with Gasteiger partial charge in [-0.25, -0.2) is 4.39 Å². The average Bonchev–Trinajstić information content (AvgIpc) is 3.33. The van der Waals surface area contributed by atoms with Gasteiger partial charge >= 0.3 is 0 Å². The minimum absolute atomic E-state index is 0.103. The number of benzene rings is 3. The molecule has 1 aliphatic heterocycles. The van der Waals surface area contributed by atoms with Gasteiger partial charge in [-0.15, -0.1) is 0 Å². The van der Waals surface area contributed by atoms with Crippen molar-refractivity contribution in [2.24, 2.45) is 0 Å². The second kappa shape index (κ2) is 10.3. The SMILES string of the molecule is Cc1ccc(OCCn2cc(/C=C3\SC(=O)N(Cc4ccc(F)cc4)C3=O)c3cc(Br)ccc32)cc1. The summed E-state index contributed by atoms with van der Waals surface area (Å²) in [6.45, 7) is 3.24. The van der Waals surface area contributed by atoms with Gasteiger partial charge in [-0.3, -0.25) is 14.5 Å². The van der Waals surface area contributed by atoms with E-state index in [0.717, 1.165) is 38.5 Å². The molecular formula is C28H22BrFN2O3S. The molecule has 5 rings (SSSR count). The van der Waals surface area contributed by atoms with E-state index in [-0.39, 0.29) is 23.5 Å². The molecule has 182 valence electrons. The highest BCUT2D eigenvalue weighted by Gasteiger charge is 2.35. The van der Waals surface area contributed by atoms with Crippen LogP contribution in [0.4, 0.5) is 9.18 Å². The maximum atomic E-state index is 13.2. The number of halogens is 2. The Labute approximate surface area is 220 Å². The van der Waals surface area contributed by atoms with E-state index in [9.17, 15) is 14.0 Å². The fraction of sp³-hybridized carbons (Fsp3) is 0.143. The lowest BCUT2D eigenvalue weighted by Crippen LogP contribution is -2.27. The molecule has 3 aromatic carbocycles. The van der Waals surface area contributed by atoms with Gasteiger partial charge in [0.2, 0.25) is 0 Å². The second-order valence-corrected chi connectivity index (χ2v) is 10.4. The fourth-order valence-electron chi connectivity index (χ4n) is 4.04. The van der Waals surface area contributed by atoms with Gasteiger partial charge in [-0.2, -0.15) is 0 Å². The number of carbonyl (C=O) groups is 2. The quantitative estimate of drug-likeness (QED) is 0.223. The Balaban J connectivity index is 1.38. The topological polar surface area (TPSA) is 51.5 Å². The first-order valence-electron chi connectivity index (χ1n) is 11.3. The highest BCUT2D eigenvalue weighted by Crippen LogP contribution is 2.35. The molecule has 1 fully saturated rings. The Morgan fingerprint density at radius 1 is 1.03 bits per heavy atom. The van der Waals surface area contributed by atoms with Gasteiger partial charge in [0.05, 0.1) is 18.0 Å². The van der Waals surface area contributed by atoms with Crippen LogP contribution in [-0.4, -0.2) is 27.2 Å². The van der Waals surface area contributed by atoms with E-state index in [1.165, 1.54) is 22.6 Å². The van der Waals surface area contributed by atoms with Crippen molar-refractivity contribution in [2.75, 3.05) is 6.61 Å². The van der Waals surface area contributed by atoms with Crippen LogP contribution in [0.3, 0.4) is 0 Å². The fourth-order valence-corrected chi connectivity index (χ4v) is 5.23. The zero-order valence-corrected chi connectivity index (χ0v) is 21.8. The number of carbonyl (C=O) groups excluding carboxylic acids is 2. The van der Waals surface area contributed by atoms with Crippen molar-refractivity contribution < 1.29 is 18.7 Å². The van der Waals surface area contributed by atoms with Gasteiger partial charge in [0, 0.05) is 27.1 Å². The summed E-state index contributed by atoms with van der Waals surface area (Å²) in [5, 5.41) is 0.622. The van der Waals surface area contributed by atoms with Crippen LogP contribution in [-0.2, 0) is 17.9 Å². The molecule has 2 amide bonds. The molecule has 0 bridgehead atoms. The maximum Gasteiger partial charge on any atom is 0.293 e. The van der Waals surface area contributed by atoms with Crippen LogP contribution >= 0.6 is 27.7 Å². The van der Waals surface area contributed by atoms with Crippen LogP contribution in [0.15, 0.2) is 82.3 Å². The standard InChI is InChI=1S/C28H22BrFN2O3S/c1-18-2-9-23(10-3-18)35-13-12-31-17-20(24-15-21(29)6-11-25(24)31)14-26-27(33)32(28(34)36-26)16-19-4-7-22(30)8-5-19/h2-11,14-15,17H,12-13,16H2,1H3/b26-14-. The Bertz CT molecular complexity index is 1480. The van der Waals surface area contributed by atoms with Gasteiger partial charge in [-0.1, -0.05) is 45.8 Å². The molecule has 0 radical (unpaired) electrons. The zero-order chi connectivity index (χ0) is 25.2. The lowest BCUT2D eigenvalue weighted by Gasteiger charge is -2.12. The Morgan fingerprint density at radius 2 is 1.78 bits per heavy atom. The van der Waals surface area contributed by atoms with Crippen molar-refractivity contribution in [3.63, 3.8) is 0 Å². The van der Waals surface area contributed by atoms with Crippen molar-refractivity contribution in [1.82, 2.24) is 9.47 Å². The summed E-state index contributed by atoms with van der Waals surface area (Å²) < 4.78 is 22.1. The number of thioether (sulfide) groups is 1. The summed E-state index contributed by atoms with van der Waals surface area (Å²) in [5.41, 5.74) is 3.71. The zero-order valence-electron chi connectivity index (χ0n) is 19.4. The third kappa shape index (κ3) is 5.24. The minimum atomic E-state index is -0.361. The summed E-state index contributed by atoms with van der Waals surface area (Å²) in [7, 11) is 0. The maximum absolute atomic E-state index is 13.2. The second-order valence-electron chi connectivity index (χ2n) is 8.50. The third-order valence-electron chi connectivity index (χ3n) is 5.91. The average molecular weight is 565 g/mol. The summed E-state index contributed by atoms with van der Waals surface area (Å²) in [6, 6.07) is 19.7. The number of nitrogens with zero attached hydrogens (tertiary/aromatic N) is 2. The first kappa shape index (κ1) is 24.3.